The molecule has 0 unspecified atom stereocenters. The van der Waals surface area contributed by atoms with Crippen molar-refractivity contribution in [1.82, 2.24) is 0 Å². The summed E-state index contributed by atoms with van der Waals surface area (Å²) in [7, 11) is 0. The van der Waals surface area contributed by atoms with E-state index in [-0.39, 0.29) is 24.3 Å². The van der Waals surface area contributed by atoms with Gasteiger partial charge in [-0.2, -0.15) is 0 Å². The van der Waals surface area contributed by atoms with Crippen molar-refractivity contribution in [2.45, 2.75) is 70.7 Å². The Balaban J connectivity index is 1.88. The molecule has 0 aliphatic carbocycles. The SMILES string of the molecule is CCC[C@H]1C[C@@H](OC(C)=O)C[C@@H](CCc2ccccc2)O1. The number of carbonyl (C=O) groups is 1. The minimum Gasteiger partial charge on any atom is -0.462 e. The fourth-order valence-electron chi connectivity index (χ4n) is 3.06. The summed E-state index contributed by atoms with van der Waals surface area (Å²) in [6.07, 6.45) is 6.26. The number of ether oxygens (including phenoxy) is 2. The topological polar surface area (TPSA) is 35.5 Å². The Morgan fingerprint density at radius 3 is 2.48 bits per heavy atom. The minimum atomic E-state index is -0.182. The summed E-state index contributed by atoms with van der Waals surface area (Å²) < 4.78 is 11.6. The third kappa shape index (κ3) is 5.50. The lowest BCUT2D eigenvalue weighted by Crippen LogP contribution is -2.38. The van der Waals surface area contributed by atoms with Gasteiger partial charge in [-0.3, -0.25) is 4.79 Å². The van der Waals surface area contributed by atoms with Crippen LogP contribution in [0.1, 0.15) is 51.5 Å². The minimum absolute atomic E-state index is 0.0218. The fourth-order valence-corrected chi connectivity index (χ4v) is 3.06. The number of carbonyl (C=O) groups excluding carboxylic acids is 1. The van der Waals surface area contributed by atoms with Gasteiger partial charge in [0, 0.05) is 19.8 Å². The first-order chi connectivity index (χ1) is 10.2. The first kappa shape index (κ1) is 16.0. The third-order valence-corrected chi connectivity index (χ3v) is 3.98. The van der Waals surface area contributed by atoms with Crippen molar-refractivity contribution in [1.29, 1.82) is 0 Å². The zero-order valence-corrected chi connectivity index (χ0v) is 13.1. The van der Waals surface area contributed by atoms with Crippen LogP contribution >= 0.6 is 0 Å². The van der Waals surface area contributed by atoms with Crippen molar-refractivity contribution in [3.8, 4) is 0 Å². The maximum atomic E-state index is 11.2. The zero-order chi connectivity index (χ0) is 15.1. The molecule has 3 nitrogen and oxygen atoms in total. The highest BCUT2D eigenvalue weighted by Gasteiger charge is 2.30. The Bertz CT molecular complexity index is 429. The second-order valence-electron chi connectivity index (χ2n) is 5.90. The molecule has 1 aromatic rings. The lowest BCUT2D eigenvalue weighted by molar-refractivity contribution is -0.160. The fraction of sp³-hybridized carbons (Fsp3) is 0.611. The van der Waals surface area contributed by atoms with Crippen molar-refractivity contribution < 1.29 is 14.3 Å². The van der Waals surface area contributed by atoms with Crippen molar-refractivity contribution >= 4 is 5.97 Å². The molecule has 1 saturated heterocycles. The molecule has 0 radical (unpaired) electrons. The number of esters is 1. The van der Waals surface area contributed by atoms with E-state index in [9.17, 15) is 4.79 Å². The van der Waals surface area contributed by atoms with Gasteiger partial charge in [0.25, 0.3) is 0 Å². The summed E-state index contributed by atoms with van der Waals surface area (Å²) in [5.74, 6) is -0.182. The Hall–Kier alpha value is -1.35. The van der Waals surface area contributed by atoms with Crippen LogP contribution in [0.4, 0.5) is 0 Å². The van der Waals surface area contributed by atoms with Crippen LogP contribution in [0.5, 0.6) is 0 Å². The Labute approximate surface area is 127 Å². The second kappa shape index (κ2) is 8.18. The molecule has 0 bridgehead atoms. The second-order valence-corrected chi connectivity index (χ2v) is 5.90. The Kier molecular flexibility index (Phi) is 6.24. The average molecular weight is 290 g/mol. The number of aryl methyl sites for hydroxylation is 1. The summed E-state index contributed by atoms with van der Waals surface area (Å²) >= 11 is 0. The van der Waals surface area contributed by atoms with Gasteiger partial charge >= 0.3 is 5.97 Å². The molecule has 0 amide bonds. The predicted molar refractivity (Wildman–Crippen MR) is 83.1 cm³/mol. The molecule has 1 fully saturated rings. The van der Waals surface area contributed by atoms with Gasteiger partial charge in [-0.25, -0.2) is 0 Å². The number of hydrogen-bond acceptors (Lipinski definition) is 3. The molecule has 1 heterocycles. The van der Waals surface area contributed by atoms with Crippen LogP contribution in [0, 0.1) is 0 Å². The summed E-state index contributed by atoms with van der Waals surface area (Å²) in [5, 5.41) is 0. The summed E-state index contributed by atoms with van der Waals surface area (Å²) in [5.41, 5.74) is 1.34. The van der Waals surface area contributed by atoms with E-state index in [0.717, 1.165) is 38.5 Å². The normalized spacial score (nSPS) is 25.5. The van der Waals surface area contributed by atoms with Gasteiger partial charge in [0.05, 0.1) is 12.2 Å². The Morgan fingerprint density at radius 2 is 1.86 bits per heavy atom. The molecule has 0 spiro atoms. The van der Waals surface area contributed by atoms with Crippen LogP contribution < -0.4 is 0 Å². The van der Waals surface area contributed by atoms with E-state index in [2.05, 4.69) is 31.2 Å². The first-order valence-electron chi connectivity index (χ1n) is 8.04. The van der Waals surface area contributed by atoms with Crippen LogP contribution in [-0.2, 0) is 20.7 Å². The molecular formula is C18H26O3. The number of hydrogen-bond donors (Lipinski definition) is 0. The van der Waals surface area contributed by atoms with Crippen LogP contribution in [0.15, 0.2) is 30.3 Å². The van der Waals surface area contributed by atoms with E-state index >= 15 is 0 Å². The monoisotopic (exact) mass is 290 g/mol. The molecule has 1 aliphatic rings. The molecule has 0 saturated carbocycles. The van der Waals surface area contributed by atoms with Gasteiger partial charge in [-0.1, -0.05) is 43.7 Å². The van der Waals surface area contributed by atoms with Crippen molar-refractivity contribution in [2.24, 2.45) is 0 Å². The van der Waals surface area contributed by atoms with Crippen LogP contribution in [0.3, 0.4) is 0 Å². The standard InChI is InChI=1S/C18H26O3/c1-3-7-16-12-18(20-14(2)19)13-17(21-16)11-10-15-8-5-4-6-9-15/h4-6,8-9,16-18H,3,7,10-13H2,1-2H3/t16-,17+,18+/m0/s1. The molecule has 3 heteroatoms. The third-order valence-electron chi connectivity index (χ3n) is 3.98. The molecule has 116 valence electrons. The summed E-state index contributed by atoms with van der Waals surface area (Å²) in [4.78, 5) is 11.2. The summed E-state index contributed by atoms with van der Waals surface area (Å²) in [6, 6.07) is 10.5. The van der Waals surface area contributed by atoms with Gasteiger partial charge in [-0.05, 0) is 24.8 Å². The van der Waals surface area contributed by atoms with E-state index in [1.807, 2.05) is 6.07 Å². The van der Waals surface area contributed by atoms with E-state index in [4.69, 9.17) is 9.47 Å². The van der Waals surface area contributed by atoms with Gasteiger partial charge in [-0.15, -0.1) is 0 Å². The van der Waals surface area contributed by atoms with E-state index < -0.39 is 0 Å². The smallest absolute Gasteiger partial charge is 0.302 e. The van der Waals surface area contributed by atoms with E-state index in [1.54, 1.807) is 0 Å². The zero-order valence-electron chi connectivity index (χ0n) is 13.1. The Morgan fingerprint density at radius 1 is 1.19 bits per heavy atom. The maximum absolute atomic E-state index is 11.2. The lowest BCUT2D eigenvalue weighted by atomic mass is 9.94. The first-order valence-corrected chi connectivity index (χ1v) is 8.04. The molecular weight excluding hydrogens is 264 g/mol. The van der Waals surface area contributed by atoms with Crippen molar-refractivity contribution in [2.75, 3.05) is 0 Å². The quantitative estimate of drug-likeness (QED) is 0.745. The van der Waals surface area contributed by atoms with E-state index in [0.29, 0.717) is 0 Å². The molecule has 0 aromatic heterocycles. The van der Waals surface area contributed by atoms with Crippen LogP contribution in [0.25, 0.3) is 0 Å². The number of rotatable bonds is 6. The van der Waals surface area contributed by atoms with Gasteiger partial charge < -0.3 is 9.47 Å². The maximum Gasteiger partial charge on any atom is 0.302 e. The molecule has 2 rings (SSSR count). The predicted octanol–water partition coefficient (Wildman–Crippen LogP) is 3.90. The molecule has 1 aliphatic heterocycles. The highest BCUT2D eigenvalue weighted by Crippen LogP contribution is 2.27. The lowest BCUT2D eigenvalue weighted by Gasteiger charge is -2.35. The number of benzene rings is 1. The van der Waals surface area contributed by atoms with Crippen molar-refractivity contribution in [3.63, 3.8) is 0 Å². The highest BCUT2D eigenvalue weighted by molar-refractivity contribution is 5.66. The largest absolute Gasteiger partial charge is 0.462 e. The van der Waals surface area contributed by atoms with Crippen LogP contribution in [0.2, 0.25) is 0 Å². The molecule has 0 N–H and O–H groups in total. The highest BCUT2D eigenvalue weighted by atomic mass is 16.6. The molecule has 21 heavy (non-hydrogen) atoms. The van der Waals surface area contributed by atoms with Crippen LogP contribution in [-0.4, -0.2) is 24.3 Å². The van der Waals surface area contributed by atoms with Gasteiger partial charge in [0.1, 0.15) is 6.10 Å². The van der Waals surface area contributed by atoms with E-state index in [1.165, 1.54) is 12.5 Å². The van der Waals surface area contributed by atoms with Gasteiger partial charge in [0.15, 0.2) is 0 Å². The molecule has 1 aromatic carbocycles. The summed E-state index contributed by atoms with van der Waals surface area (Å²) in [6.45, 7) is 3.65. The average Bonchev–Trinajstić information content (AvgIpc) is 2.46. The van der Waals surface area contributed by atoms with Gasteiger partial charge in [0.2, 0.25) is 0 Å². The van der Waals surface area contributed by atoms with Crippen molar-refractivity contribution in [3.05, 3.63) is 35.9 Å². The molecule has 3 atom stereocenters.